The minimum Gasteiger partial charge on any atom is -0.486 e. The normalized spacial score (nSPS) is 9.92. The largest absolute Gasteiger partial charge is 0.486 e. The molecule has 1 aromatic rings. The molecule has 1 rings (SSSR count). The summed E-state index contributed by atoms with van der Waals surface area (Å²) >= 11 is 11.3. The van der Waals surface area contributed by atoms with Crippen LogP contribution in [-0.4, -0.2) is 23.1 Å². The van der Waals surface area contributed by atoms with Crippen molar-refractivity contribution in [1.82, 2.24) is 9.97 Å². The molecular formula is C6H7Cl2N3O. The summed E-state index contributed by atoms with van der Waals surface area (Å²) in [5.74, 6) is 0.284. The molecule has 0 atom stereocenters. The van der Waals surface area contributed by atoms with Gasteiger partial charge in [-0.25, -0.2) is 9.97 Å². The molecule has 0 aliphatic rings. The zero-order chi connectivity index (χ0) is 8.97. The molecule has 12 heavy (non-hydrogen) atoms. The summed E-state index contributed by atoms with van der Waals surface area (Å²) in [4.78, 5) is 7.39. The minimum atomic E-state index is 0.198. The molecule has 66 valence electrons. The van der Waals surface area contributed by atoms with Crippen molar-refractivity contribution in [1.29, 1.82) is 0 Å². The molecule has 1 aromatic heterocycles. The van der Waals surface area contributed by atoms with E-state index in [0.717, 1.165) is 0 Å². The van der Waals surface area contributed by atoms with E-state index in [-0.39, 0.29) is 16.1 Å². The van der Waals surface area contributed by atoms with E-state index in [1.807, 2.05) is 0 Å². The van der Waals surface area contributed by atoms with Gasteiger partial charge in [-0.3, -0.25) is 0 Å². The van der Waals surface area contributed by atoms with Gasteiger partial charge < -0.3 is 10.5 Å². The van der Waals surface area contributed by atoms with Crippen LogP contribution in [0.5, 0.6) is 5.75 Å². The molecular weight excluding hydrogens is 201 g/mol. The van der Waals surface area contributed by atoms with Crippen molar-refractivity contribution in [3.8, 4) is 5.75 Å². The summed E-state index contributed by atoms with van der Waals surface area (Å²) in [7, 11) is 0. The van der Waals surface area contributed by atoms with Gasteiger partial charge in [0.1, 0.15) is 12.9 Å². The Morgan fingerprint density at radius 1 is 1.33 bits per heavy atom. The maximum Gasteiger partial charge on any atom is 0.194 e. The van der Waals surface area contributed by atoms with Crippen molar-refractivity contribution in [2.75, 3.05) is 13.2 Å². The maximum absolute atomic E-state index is 5.66. The topological polar surface area (TPSA) is 61.0 Å². The van der Waals surface area contributed by atoms with Gasteiger partial charge in [-0.1, -0.05) is 23.2 Å². The first-order chi connectivity index (χ1) is 5.75. The summed E-state index contributed by atoms with van der Waals surface area (Å²) in [6, 6.07) is 0. The molecule has 0 unspecified atom stereocenters. The van der Waals surface area contributed by atoms with E-state index in [1.54, 1.807) is 0 Å². The lowest BCUT2D eigenvalue weighted by Crippen LogP contribution is -2.11. The smallest absolute Gasteiger partial charge is 0.194 e. The fraction of sp³-hybridized carbons (Fsp3) is 0.333. The Kier molecular flexibility index (Phi) is 3.52. The van der Waals surface area contributed by atoms with Gasteiger partial charge in [0.05, 0.1) is 0 Å². The number of ether oxygens (including phenoxy) is 1. The molecule has 6 heteroatoms. The van der Waals surface area contributed by atoms with Gasteiger partial charge in [-0.2, -0.15) is 0 Å². The molecule has 0 spiro atoms. The predicted molar refractivity (Wildman–Crippen MR) is 46.6 cm³/mol. The second kappa shape index (κ2) is 4.45. The highest BCUT2D eigenvalue weighted by atomic mass is 35.5. The number of nitrogens with zero attached hydrogens (tertiary/aromatic N) is 2. The van der Waals surface area contributed by atoms with E-state index in [9.17, 15) is 0 Å². The fourth-order valence-corrected chi connectivity index (χ4v) is 1.04. The van der Waals surface area contributed by atoms with Crippen molar-refractivity contribution in [3.05, 3.63) is 16.6 Å². The number of hydrogen-bond acceptors (Lipinski definition) is 4. The van der Waals surface area contributed by atoms with Crippen LogP contribution >= 0.6 is 23.2 Å². The molecule has 0 aromatic carbocycles. The van der Waals surface area contributed by atoms with E-state index in [2.05, 4.69) is 9.97 Å². The van der Waals surface area contributed by atoms with E-state index in [4.69, 9.17) is 33.7 Å². The number of rotatable bonds is 3. The van der Waals surface area contributed by atoms with Gasteiger partial charge in [0.2, 0.25) is 0 Å². The maximum atomic E-state index is 5.66. The number of nitrogens with two attached hydrogens (primary N) is 1. The molecule has 0 fully saturated rings. The van der Waals surface area contributed by atoms with Gasteiger partial charge >= 0.3 is 0 Å². The molecule has 0 bridgehead atoms. The third-order valence-corrected chi connectivity index (χ3v) is 1.62. The highest BCUT2D eigenvalue weighted by molar-refractivity contribution is 6.35. The van der Waals surface area contributed by atoms with Crippen LogP contribution in [0.25, 0.3) is 0 Å². The van der Waals surface area contributed by atoms with E-state index in [0.29, 0.717) is 13.2 Å². The van der Waals surface area contributed by atoms with Gasteiger partial charge in [-0.05, 0) is 0 Å². The van der Waals surface area contributed by atoms with Crippen LogP contribution in [0, 0.1) is 0 Å². The lowest BCUT2D eigenvalue weighted by Gasteiger charge is -2.05. The summed E-state index contributed by atoms with van der Waals surface area (Å²) < 4.78 is 5.10. The van der Waals surface area contributed by atoms with Crippen LogP contribution < -0.4 is 10.5 Å². The highest BCUT2D eigenvalue weighted by Gasteiger charge is 2.07. The van der Waals surface area contributed by atoms with E-state index in [1.165, 1.54) is 6.33 Å². The number of hydrogen-bond donors (Lipinski definition) is 1. The number of aromatic nitrogens is 2. The van der Waals surface area contributed by atoms with Crippen LogP contribution in [0.4, 0.5) is 0 Å². The first-order valence-corrected chi connectivity index (χ1v) is 4.00. The van der Waals surface area contributed by atoms with E-state index < -0.39 is 0 Å². The molecule has 0 saturated heterocycles. The molecule has 0 aliphatic heterocycles. The predicted octanol–water partition coefficient (Wildman–Crippen LogP) is 1.12. The quantitative estimate of drug-likeness (QED) is 0.756. The second-order valence-corrected chi connectivity index (χ2v) is 2.64. The lowest BCUT2D eigenvalue weighted by molar-refractivity contribution is 0.326. The Balaban J connectivity index is 2.81. The van der Waals surface area contributed by atoms with Crippen molar-refractivity contribution in [2.24, 2.45) is 5.73 Å². The van der Waals surface area contributed by atoms with Crippen molar-refractivity contribution in [3.63, 3.8) is 0 Å². The molecule has 0 radical (unpaired) electrons. The van der Waals surface area contributed by atoms with Crippen molar-refractivity contribution in [2.45, 2.75) is 0 Å². The summed E-state index contributed by atoms with van der Waals surface area (Å²) in [6.07, 6.45) is 1.26. The van der Waals surface area contributed by atoms with Gasteiger partial charge in [0.25, 0.3) is 0 Å². The fourth-order valence-electron chi connectivity index (χ4n) is 0.613. The van der Waals surface area contributed by atoms with Gasteiger partial charge in [0, 0.05) is 6.54 Å². The zero-order valence-corrected chi connectivity index (χ0v) is 7.64. The standard InChI is InChI=1S/C6H7Cl2N3O/c7-5-4(12-2-1-9)6(8)11-3-10-5/h3H,1-2,9H2. The summed E-state index contributed by atoms with van der Waals surface area (Å²) in [5, 5.41) is 0.395. The molecule has 4 nitrogen and oxygen atoms in total. The monoisotopic (exact) mass is 207 g/mol. The zero-order valence-electron chi connectivity index (χ0n) is 6.13. The van der Waals surface area contributed by atoms with Gasteiger partial charge in [-0.15, -0.1) is 0 Å². The van der Waals surface area contributed by atoms with Crippen LogP contribution in [0.15, 0.2) is 6.33 Å². The Bertz CT molecular complexity index is 249. The molecule has 0 aliphatic carbocycles. The SMILES string of the molecule is NCCOc1c(Cl)ncnc1Cl. The molecule has 2 N–H and O–H groups in total. The van der Waals surface area contributed by atoms with Crippen LogP contribution in [0.1, 0.15) is 0 Å². The van der Waals surface area contributed by atoms with E-state index >= 15 is 0 Å². The lowest BCUT2D eigenvalue weighted by atomic mass is 10.6. The summed E-state index contributed by atoms with van der Waals surface area (Å²) in [5.41, 5.74) is 5.22. The van der Waals surface area contributed by atoms with Crippen LogP contribution in [0.2, 0.25) is 10.3 Å². The third-order valence-electron chi connectivity index (χ3n) is 1.08. The average Bonchev–Trinajstić information content (AvgIpc) is 2.04. The molecule has 0 saturated carbocycles. The van der Waals surface area contributed by atoms with Crippen LogP contribution in [0.3, 0.4) is 0 Å². The minimum absolute atomic E-state index is 0.198. The highest BCUT2D eigenvalue weighted by Crippen LogP contribution is 2.27. The number of halogens is 2. The Labute approximate surface area is 79.7 Å². The first kappa shape index (κ1) is 9.51. The van der Waals surface area contributed by atoms with Crippen molar-refractivity contribution < 1.29 is 4.74 Å². The Morgan fingerprint density at radius 2 is 1.92 bits per heavy atom. The Hall–Kier alpha value is -0.580. The molecule has 1 heterocycles. The Morgan fingerprint density at radius 3 is 2.42 bits per heavy atom. The summed E-state index contributed by atoms with van der Waals surface area (Å²) in [6.45, 7) is 0.731. The first-order valence-electron chi connectivity index (χ1n) is 3.24. The van der Waals surface area contributed by atoms with Crippen molar-refractivity contribution >= 4 is 23.2 Å². The third kappa shape index (κ3) is 2.20. The second-order valence-electron chi connectivity index (χ2n) is 1.92. The molecule has 0 amide bonds. The van der Waals surface area contributed by atoms with Gasteiger partial charge in [0.15, 0.2) is 16.1 Å². The average molecular weight is 208 g/mol. The van der Waals surface area contributed by atoms with Crippen LogP contribution in [-0.2, 0) is 0 Å².